The van der Waals surface area contributed by atoms with Gasteiger partial charge in [-0.1, -0.05) is 77.6 Å². The number of benzene rings is 2. The molecule has 170 valence electrons. The fraction of sp³-hybridized carbons (Fsp3) is 0.467. The first-order valence-electron chi connectivity index (χ1n) is 12.8. The summed E-state index contributed by atoms with van der Waals surface area (Å²) in [5, 5.41) is 0. The third kappa shape index (κ3) is 5.46. The van der Waals surface area contributed by atoms with Gasteiger partial charge in [-0.05, 0) is 73.9 Å². The van der Waals surface area contributed by atoms with Crippen LogP contribution < -0.4 is 0 Å². The molecule has 32 heavy (non-hydrogen) atoms. The van der Waals surface area contributed by atoms with Crippen LogP contribution in [0.25, 0.3) is 16.9 Å². The van der Waals surface area contributed by atoms with E-state index in [1.54, 1.807) is 0 Å². The average molecular weight is 429 g/mol. The Labute approximate surface area is 195 Å². The molecule has 0 saturated heterocycles. The van der Waals surface area contributed by atoms with Crippen molar-refractivity contribution in [2.75, 3.05) is 0 Å². The van der Waals surface area contributed by atoms with Gasteiger partial charge in [0.25, 0.3) is 0 Å². The topological polar surface area (TPSA) is 25.3 Å². The van der Waals surface area contributed by atoms with Crippen LogP contribution in [0.2, 0.25) is 0 Å². The summed E-state index contributed by atoms with van der Waals surface area (Å²) in [6.07, 6.45) is 11.3. The lowest BCUT2D eigenvalue weighted by Gasteiger charge is -2.11. The van der Waals surface area contributed by atoms with Crippen molar-refractivity contribution in [1.82, 2.24) is 0 Å². The summed E-state index contributed by atoms with van der Waals surface area (Å²) < 4.78 is 1.51. The fourth-order valence-electron chi connectivity index (χ4n) is 4.73. The van der Waals surface area contributed by atoms with Crippen molar-refractivity contribution in [2.45, 2.75) is 91.9 Å². The summed E-state index contributed by atoms with van der Waals surface area (Å²) in [5.41, 5.74) is 21.2. The van der Waals surface area contributed by atoms with E-state index in [9.17, 15) is 5.53 Å². The molecule has 0 aromatic heterocycles. The van der Waals surface area contributed by atoms with E-state index in [2.05, 4.69) is 76.2 Å². The molecule has 2 heteroatoms. The smallest absolute Gasteiger partial charge is 0.211 e. The predicted octanol–water partition coefficient (Wildman–Crippen LogP) is 9.14. The Morgan fingerprint density at radius 2 is 1.19 bits per heavy atom. The van der Waals surface area contributed by atoms with E-state index in [0.29, 0.717) is 0 Å². The molecule has 0 atom stereocenters. The Morgan fingerprint density at radius 1 is 0.625 bits per heavy atom. The molecule has 1 aliphatic rings. The minimum Gasteiger partial charge on any atom is -0.493 e. The monoisotopic (exact) mass is 428 g/mol. The summed E-state index contributed by atoms with van der Waals surface area (Å²) in [5.74, 6) is 0. The Kier molecular flexibility index (Phi) is 9.02. The van der Waals surface area contributed by atoms with Crippen molar-refractivity contribution in [3.05, 3.63) is 87.5 Å². The molecule has 1 heterocycles. The maximum atomic E-state index is 11.6. The van der Waals surface area contributed by atoms with Gasteiger partial charge in [0.05, 0.1) is 0 Å². The quantitative estimate of drug-likeness (QED) is 0.238. The molecular formula is C30H40N2. The van der Waals surface area contributed by atoms with Gasteiger partial charge in [0.2, 0.25) is 11.4 Å². The number of aryl methyl sites for hydroxylation is 2. The van der Waals surface area contributed by atoms with E-state index in [-0.39, 0.29) is 0 Å². The van der Waals surface area contributed by atoms with Crippen LogP contribution in [-0.4, -0.2) is 4.70 Å². The molecule has 2 aromatic carbocycles. The van der Waals surface area contributed by atoms with Gasteiger partial charge in [0.15, 0.2) is 0 Å². The second kappa shape index (κ2) is 11.9. The van der Waals surface area contributed by atoms with Crippen LogP contribution in [0.1, 0.15) is 101 Å². The second-order valence-electron chi connectivity index (χ2n) is 8.98. The standard InChI is InChI=1S/C30H40N2/c1-5-9-11-16-27-28(17-12-10-6-2)30(26-15-13-14-24(8-4)22-26)32(31)29(27)25-20-18-23(7-3)19-21-25/h13-15,18-22H,5-12,16-17H2,1-4H3. The van der Waals surface area contributed by atoms with Gasteiger partial charge in [0.1, 0.15) is 0 Å². The Balaban J connectivity index is 2.12. The molecule has 3 rings (SSSR count). The molecule has 0 aliphatic carbocycles. The molecule has 0 spiro atoms. The number of allylic oxidation sites excluding steroid dienone is 2. The van der Waals surface area contributed by atoms with Crippen molar-refractivity contribution in [2.24, 2.45) is 0 Å². The van der Waals surface area contributed by atoms with Crippen molar-refractivity contribution >= 4 is 11.4 Å². The number of unbranched alkanes of at least 4 members (excludes halogenated alkanes) is 4. The third-order valence-corrected chi connectivity index (χ3v) is 6.66. The van der Waals surface area contributed by atoms with Crippen molar-refractivity contribution in [3.63, 3.8) is 0 Å². The minimum absolute atomic E-state index is 0.993. The van der Waals surface area contributed by atoms with Crippen LogP contribution in [0.4, 0.5) is 0 Å². The predicted molar refractivity (Wildman–Crippen MR) is 137 cm³/mol. The van der Waals surface area contributed by atoms with Crippen LogP contribution in [0, 0.1) is 0 Å². The lowest BCUT2D eigenvalue weighted by Crippen LogP contribution is -2.03. The number of hydrogen-bond acceptors (Lipinski definition) is 0. The zero-order valence-electron chi connectivity index (χ0n) is 20.6. The van der Waals surface area contributed by atoms with Gasteiger partial charge in [-0.3, -0.25) is 0 Å². The van der Waals surface area contributed by atoms with E-state index in [1.807, 2.05) is 0 Å². The Hall–Kier alpha value is -2.48. The molecule has 0 unspecified atom stereocenters. The van der Waals surface area contributed by atoms with Gasteiger partial charge in [0, 0.05) is 22.3 Å². The Bertz CT molecular complexity index is 976. The summed E-state index contributed by atoms with van der Waals surface area (Å²) in [4.78, 5) is 0. The van der Waals surface area contributed by atoms with E-state index in [0.717, 1.165) is 61.0 Å². The highest BCUT2D eigenvalue weighted by Crippen LogP contribution is 2.44. The largest absolute Gasteiger partial charge is 0.493 e. The molecule has 2 nitrogen and oxygen atoms in total. The average Bonchev–Trinajstić information content (AvgIpc) is 3.10. The molecule has 2 aromatic rings. The molecule has 0 saturated carbocycles. The van der Waals surface area contributed by atoms with Gasteiger partial charge < -0.3 is 5.53 Å². The first kappa shape index (κ1) is 24.2. The summed E-state index contributed by atoms with van der Waals surface area (Å²) in [7, 11) is 0. The highest BCUT2D eigenvalue weighted by Gasteiger charge is 2.35. The molecule has 0 radical (unpaired) electrons. The van der Waals surface area contributed by atoms with E-state index in [1.165, 1.54) is 52.7 Å². The van der Waals surface area contributed by atoms with Crippen molar-refractivity contribution < 1.29 is 4.70 Å². The van der Waals surface area contributed by atoms with E-state index < -0.39 is 0 Å². The molecule has 0 bridgehead atoms. The summed E-state index contributed by atoms with van der Waals surface area (Å²) in [6.45, 7) is 8.89. The molecule has 1 aliphatic heterocycles. The second-order valence-corrected chi connectivity index (χ2v) is 8.98. The minimum atomic E-state index is 0.993. The first-order chi connectivity index (χ1) is 15.6. The zero-order chi connectivity index (χ0) is 22.9. The zero-order valence-corrected chi connectivity index (χ0v) is 20.6. The number of hydrogen-bond donors (Lipinski definition) is 0. The molecular weight excluding hydrogens is 388 g/mol. The van der Waals surface area contributed by atoms with Crippen molar-refractivity contribution in [3.8, 4) is 0 Å². The lowest BCUT2D eigenvalue weighted by molar-refractivity contribution is -0.345. The lowest BCUT2D eigenvalue weighted by atomic mass is 9.91. The highest BCUT2D eigenvalue weighted by molar-refractivity contribution is 5.82. The van der Waals surface area contributed by atoms with Crippen LogP contribution in [-0.2, 0) is 12.8 Å². The number of nitrogens with zero attached hydrogens (tertiary/aromatic N) is 2. The van der Waals surface area contributed by atoms with E-state index >= 15 is 0 Å². The normalized spacial score (nSPS) is 14.1. The van der Waals surface area contributed by atoms with Gasteiger partial charge >= 0.3 is 0 Å². The van der Waals surface area contributed by atoms with Gasteiger partial charge in [-0.2, -0.15) is 0 Å². The molecule has 0 fully saturated rings. The molecule has 0 amide bonds. The van der Waals surface area contributed by atoms with Crippen LogP contribution in [0.3, 0.4) is 0 Å². The van der Waals surface area contributed by atoms with E-state index in [4.69, 9.17) is 0 Å². The van der Waals surface area contributed by atoms with Crippen LogP contribution in [0.15, 0.2) is 59.7 Å². The van der Waals surface area contributed by atoms with Gasteiger partial charge in [-0.25, -0.2) is 4.70 Å². The highest BCUT2D eigenvalue weighted by atomic mass is 15.2. The maximum Gasteiger partial charge on any atom is 0.211 e. The summed E-state index contributed by atoms with van der Waals surface area (Å²) >= 11 is 0. The first-order valence-corrected chi connectivity index (χ1v) is 12.8. The SMILES string of the molecule is CCCCCC1=C(c2ccc(CC)cc2)[N+](=[N-])C(c2cccc(CC)c2)=C1CCCCC. The molecule has 0 N–H and O–H groups in total. The maximum absolute atomic E-state index is 11.6. The van der Waals surface area contributed by atoms with Gasteiger partial charge in [-0.15, -0.1) is 0 Å². The number of rotatable bonds is 12. The fourth-order valence-corrected chi connectivity index (χ4v) is 4.73. The van der Waals surface area contributed by atoms with Crippen LogP contribution in [0.5, 0.6) is 0 Å². The summed E-state index contributed by atoms with van der Waals surface area (Å²) in [6, 6.07) is 17.5. The Morgan fingerprint density at radius 3 is 1.72 bits per heavy atom. The van der Waals surface area contributed by atoms with Crippen molar-refractivity contribution in [1.29, 1.82) is 0 Å². The third-order valence-electron chi connectivity index (χ3n) is 6.66. The van der Waals surface area contributed by atoms with Crippen LogP contribution >= 0.6 is 0 Å².